The quantitative estimate of drug-likeness (QED) is 0.173. The van der Waals surface area contributed by atoms with Gasteiger partial charge in [-0.15, -0.1) is 0 Å². The van der Waals surface area contributed by atoms with Gasteiger partial charge >= 0.3 is 0 Å². The van der Waals surface area contributed by atoms with Crippen LogP contribution in [0.1, 0.15) is 0 Å². The number of hydrogen-bond donors (Lipinski definition) is 0. The lowest BCUT2D eigenvalue weighted by atomic mass is 9.98. The Hall–Kier alpha value is -7.36. The topological polar surface area (TPSA) is 29.5 Å². The van der Waals surface area contributed by atoms with Crippen LogP contribution in [0.5, 0.6) is 0 Å². The molecule has 0 unspecified atom stereocenters. The van der Waals surface area contributed by atoms with Gasteiger partial charge in [-0.05, 0) is 93.2 Å². The molecule has 0 bridgehead atoms. The molecule has 0 N–H and O–H groups in total. The fourth-order valence-electron chi connectivity index (χ4n) is 8.26. The van der Waals surface area contributed by atoms with E-state index in [0.29, 0.717) is 0 Å². The lowest BCUT2D eigenvalue weighted by molar-refractivity contribution is 0.669. The number of furan rings is 2. The Bertz CT molecular complexity index is 3180. The van der Waals surface area contributed by atoms with Gasteiger partial charge in [0, 0.05) is 33.1 Å². The molecule has 3 nitrogen and oxygen atoms in total. The third kappa shape index (κ3) is 5.20. The number of fused-ring (bicyclic) bond motifs is 7. The Balaban J connectivity index is 1.02. The highest BCUT2D eigenvalue weighted by Gasteiger charge is 2.20. The molecule has 0 saturated carbocycles. The maximum atomic E-state index is 6.48. The molecular formula is C52H33NO2. The fraction of sp³-hybridized carbons (Fsp3) is 0. The van der Waals surface area contributed by atoms with Crippen LogP contribution in [-0.4, -0.2) is 0 Å². The van der Waals surface area contributed by atoms with Crippen LogP contribution in [0.25, 0.3) is 88.0 Å². The van der Waals surface area contributed by atoms with Crippen LogP contribution in [0.2, 0.25) is 0 Å². The standard InChI is InChI=1S/C52H33NO2/c1-2-11-36(12-3-1)43-18-9-19-44-46-33-38(27-32-49(46)55-52(43)44)34-23-28-39(29-24-34)53(47-20-10-22-50-51(47)45-16-6-7-21-48(45)54-50)40-30-25-37(26-31-40)42-17-8-14-35-13-4-5-15-41(35)42/h1-33H. The van der Waals surface area contributed by atoms with Crippen molar-refractivity contribution in [3.05, 3.63) is 200 Å². The van der Waals surface area contributed by atoms with Crippen molar-refractivity contribution in [2.75, 3.05) is 4.90 Å². The maximum absolute atomic E-state index is 6.48. The van der Waals surface area contributed by atoms with Crippen LogP contribution in [0, 0.1) is 0 Å². The Labute approximate surface area is 317 Å². The number of benzene rings is 9. The Morgan fingerprint density at radius 3 is 1.75 bits per heavy atom. The summed E-state index contributed by atoms with van der Waals surface area (Å²) >= 11 is 0. The minimum Gasteiger partial charge on any atom is -0.456 e. The van der Waals surface area contributed by atoms with E-state index in [9.17, 15) is 0 Å². The van der Waals surface area contributed by atoms with Gasteiger partial charge in [0.1, 0.15) is 22.3 Å². The fourth-order valence-corrected chi connectivity index (χ4v) is 8.26. The van der Waals surface area contributed by atoms with Crippen molar-refractivity contribution < 1.29 is 8.83 Å². The van der Waals surface area contributed by atoms with E-state index >= 15 is 0 Å². The van der Waals surface area contributed by atoms with Crippen LogP contribution in [0.15, 0.2) is 209 Å². The zero-order valence-corrected chi connectivity index (χ0v) is 29.8. The van der Waals surface area contributed by atoms with Crippen LogP contribution in [0.3, 0.4) is 0 Å². The zero-order valence-electron chi connectivity index (χ0n) is 29.8. The molecule has 0 aliphatic heterocycles. The van der Waals surface area contributed by atoms with Crippen LogP contribution < -0.4 is 4.90 Å². The maximum Gasteiger partial charge on any atom is 0.143 e. The first-order valence-electron chi connectivity index (χ1n) is 18.7. The molecule has 0 radical (unpaired) electrons. The highest BCUT2D eigenvalue weighted by atomic mass is 16.3. The largest absolute Gasteiger partial charge is 0.456 e. The third-order valence-corrected chi connectivity index (χ3v) is 10.9. The third-order valence-electron chi connectivity index (χ3n) is 10.9. The highest BCUT2D eigenvalue weighted by Crippen LogP contribution is 2.44. The van der Waals surface area contributed by atoms with E-state index < -0.39 is 0 Å². The molecule has 0 atom stereocenters. The van der Waals surface area contributed by atoms with Gasteiger partial charge in [0.05, 0.1) is 11.1 Å². The Kier molecular flexibility index (Phi) is 7.17. The van der Waals surface area contributed by atoms with Gasteiger partial charge in [-0.3, -0.25) is 0 Å². The van der Waals surface area contributed by atoms with Gasteiger partial charge in [0.25, 0.3) is 0 Å². The first kappa shape index (κ1) is 31.2. The normalized spacial score (nSPS) is 11.6. The Morgan fingerprint density at radius 2 is 0.909 bits per heavy atom. The molecule has 0 aliphatic rings. The first-order chi connectivity index (χ1) is 27.3. The van der Waals surface area contributed by atoms with Crippen molar-refractivity contribution >= 4 is 71.7 Å². The summed E-state index contributed by atoms with van der Waals surface area (Å²) in [5.74, 6) is 0. The van der Waals surface area contributed by atoms with Gasteiger partial charge in [-0.1, -0.05) is 146 Å². The van der Waals surface area contributed by atoms with E-state index in [1.807, 2.05) is 18.2 Å². The molecule has 55 heavy (non-hydrogen) atoms. The SMILES string of the molecule is c1ccc(-c2cccc3c2oc2ccc(-c4ccc(N(c5ccc(-c6cccc7ccccc67)cc5)c5cccc6oc7ccccc7c56)cc4)cc23)cc1. The number of rotatable bonds is 6. The van der Waals surface area contributed by atoms with Gasteiger partial charge in [-0.2, -0.15) is 0 Å². The zero-order chi connectivity index (χ0) is 36.3. The number of para-hydroxylation sites is 2. The summed E-state index contributed by atoms with van der Waals surface area (Å²) in [6.45, 7) is 0. The molecule has 0 saturated heterocycles. The lowest BCUT2D eigenvalue weighted by Crippen LogP contribution is -2.10. The van der Waals surface area contributed by atoms with Crippen molar-refractivity contribution in [3.63, 3.8) is 0 Å². The van der Waals surface area contributed by atoms with Crippen LogP contribution in [-0.2, 0) is 0 Å². The summed E-state index contributed by atoms with van der Waals surface area (Å²) in [6, 6.07) is 70.9. The van der Waals surface area contributed by atoms with E-state index in [4.69, 9.17) is 8.83 Å². The van der Waals surface area contributed by atoms with Gasteiger partial charge in [0.15, 0.2) is 0 Å². The van der Waals surface area contributed by atoms with Crippen molar-refractivity contribution in [2.45, 2.75) is 0 Å². The van der Waals surface area contributed by atoms with E-state index in [0.717, 1.165) is 83.2 Å². The van der Waals surface area contributed by atoms with Gasteiger partial charge < -0.3 is 13.7 Å². The molecule has 2 heterocycles. The molecule has 3 heteroatoms. The van der Waals surface area contributed by atoms with Crippen molar-refractivity contribution in [1.29, 1.82) is 0 Å². The predicted octanol–water partition coefficient (Wildman–Crippen LogP) is 15.1. The summed E-state index contributed by atoms with van der Waals surface area (Å²) in [7, 11) is 0. The summed E-state index contributed by atoms with van der Waals surface area (Å²) in [6.07, 6.45) is 0. The average molecular weight is 704 g/mol. The van der Waals surface area contributed by atoms with Crippen LogP contribution in [0.4, 0.5) is 17.1 Å². The van der Waals surface area contributed by atoms with Crippen molar-refractivity contribution in [2.24, 2.45) is 0 Å². The van der Waals surface area contributed by atoms with E-state index in [-0.39, 0.29) is 0 Å². The second-order valence-electron chi connectivity index (χ2n) is 14.1. The van der Waals surface area contributed by atoms with E-state index in [2.05, 4.69) is 187 Å². The molecule has 0 fully saturated rings. The second-order valence-corrected chi connectivity index (χ2v) is 14.1. The molecular weight excluding hydrogens is 671 g/mol. The predicted molar refractivity (Wildman–Crippen MR) is 229 cm³/mol. The number of hydrogen-bond acceptors (Lipinski definition) is 3. The van der Waals surface area contributed by atoms with Crippen molar-refractivity contribution in [3.8, 4) is 33.4 Å². The number of anilines is 3. The molecule has 258 valence electrons. The minimum absolute atomic E-state index is 0.865. The molecule has 9 aromatic carbocycles. The monoisotopic (exact) mass is 703 g/mol. The van der Waals surface area contributed by atoms with E-state index in [1.54, 1.807) is 0 Å². The summed E-state index contributed by atoms with van der Waals surface area (Å²) in [5.41, 5.74) is 13.7. The molecule has 11 rings (SSSR count). The minimum atomic E-state index is 0.865. The average Bonchev–Trinajstić information content (AvgIpc) is 3.83. The summed E-state index contributed by atoms with van der Waals surface area (Å²) in [5, 5.41) is 6.90. The number of nitrogens with zero attached hydrogens (tertiary/aromatic N) is 1. The van der Waals surface area contributed by atoms with Gasteiger partial charge in [0.2, 0.25) is 0 Å². The lowest BCUT2D eigenvalue weighted by Gasteiger charge is -2.26. The highest BCUT2D eigenvalue weighted by molar-refractivity contribution is 6.14. The molecule has 11 aromatic rings. The molecule has 2 aromatic heterocycles. The van der Waals surface area contributed by atoms with Crippen molar-refractivity contribution in [1.82, 2.24) is 0 Å². The Morgan fingerprint density at radius 1 is 0.327 bits per heavy atom. The molecule has 0 spiro atoms. The van der Waals surface area contributed by atoms with Crippen LogP contribution >= 0.6 is 0 Å². The van der Waals surface area contributed by atoms with Gasteiger partial charge in [-0.25, -0.2) is 0 Å². The van der Waals surface area contributed by atoms with E-state index in [1.165, 1.54) is 21.9 Å². The molecule has 0 aliphatic carbocycles. The smallest absolute Gasteiger partial charge is 0.143 e. The summed E-state index contributed by atoms with van der Waals surface area (Å²) in [4.78, 5) is 2.35. The second kappa shape index (κ2) is 12.6. The molecule has 0 amide bonds. The first-order valence-corrected chi connectivity index (χ1v) is 18.7. The summed E-state index contributed by atoms with van der Waals surface area (Å²) < 4.78 is 12.8.